The average molecular weight is 115 g/mol. The van der Waals surface area contributed by atoms with Crippen molar-refractivity contribution >= 4 is 0 Å². The Balaban J connectivity index is 2.06. The van der Waals surface area contributed by atoms with Crippen LogP contribution in [0.4, 0.5) is 0 Å². The minimum Gasteiger partial charge on any atom is -0.242 e. The minimum absolute atomic E-state index is 1.01. The van der Waals surface area contributed by atoms with Crippen LogP contribution >= 0.6 is 0 Å². The van der Waals surface area contributed by atoms with Crippen LogP contribution in [0.25, 0.3) is 0 Å². The van der Waals surface area contributed by atoms with E-state index in [-0.39, 0.29) is 0 Å². The van der Waals surface area contributed by atoms with Gasteiger partial charge in [0.15, 0.2) is 0 Å². The van der Waals surface area contributed by atoms with Gasteiger partial charge in [0.1, 0.15) is 0 Å². The molecule has 2 N–H and O–H groups in total. The molecule has 0 aromatic carbocycles. The van der Waals surface area contributed by atoms with Gasteiger partial charge in [0, 0.05) is 19.6 Å². The molecule has 1 saturated heterocycles. The zero-order chi connectivity index (χ0) is 5.82. The first-order valence-electron chi connectivity index (χ1n) is 3.18. The predicted octanol–water partition coefficient (Wildman–Crippen LogP) is -0.279. The molecule has 8 heavy (non-hydrogen) atoms. The van der Waals surface area contributed by atoms with E-state index in [0.29, 0.717) is 0 Å². The largest absolute Gasteiger partial charge is 0.242 e. The Morgan fingerprint density at radius 3 is 3.12 bits per heavy atom. The highest BCUT2D eigenvalue weighted by atomic mass is 15.7. The van der Waals surface area contributed by atoms with E-state index in [2.05, 4.69) is 17.8 Å². The predicted molar refractivity (Wildman–Crippen MR) is 33.0 cm³/mol. The summed E-state index contributed by atoms with van der Waals surface area (Å²) in [5.74, 6) is 0. The molecule has 0 aliphatic carbocycles. The molecule has 1 aliphatic rings. The van der Waals surface area contributed by atoms with E-state index in [1.807, 2.05) is 5.12 Å². The Morgan fingerprint density at radius 1 is 1.75 bits per heavy atom. The molecule has 1 fully saturated rings. The van der Waals surface area contributed by atoms with Gasteiger partial charge in [0.25, 0.3) is 0 Å². The lowest BCUT2D eigenvalue weighted by Gasteiger charge is -2.13. The number of hydrogen-bond donors (Lipinski definition) is 2. The molecule has 0 saturated carbocycles. The third-order valence-corrected chi connectivity index (χ3v) is 1.21. The second-order valence-electron chi connectivity index (χ2n) is 1.92. The summed E-state index contributed by atoms with van der Waals surface area (Å²) >= 11 is 0. The van der Waals surface area contributed by atoms with Gasteiger partial charge in [-0.1, -0.05) is 6.92 Å². The molecule has 3 heteroatoms. The Hall–Kier alpha value is -0.120. The maximum absolute atomic E-state index is 3.18. The summed E-state index contributed by atoms with van der Waals surface area (Å²) in [5.41, 5.74) is 6.35. The third kappa shape index (κ3) is 1.43. The quantitative estimate of drug-likeness (QED) is 0.518. The fourth-order valence-electron chi connectivity index (χ4n) is 0.856. The van der Waals surface area contributed by atoms with E-state index in [4.69, 9.17) is 0 Å². The lowest BCUT2D eigenvalue weighted by atomic mass is 10.5. The maximum Gasteiger partial charge on any atom is 0.0300 e. The average Bonchev–Trinajstić information content (AvgIpc) is 2.19. The van der Waals surface area contributed by atoms with Gasteiger partial charge in [-0.05, 0) is 6.42 Å². The maximum atomic E-state index is 3.18. The SMILES string of the molecule is CCNN1CCCN1. The van der Waals surface area contributed by atoms with Crippen LogP contribution in [0.1, 0.15) is 13.3 Å². The van der Waals surface area contributed by atoms with E-state index in [0.717, 1.165) is 19.6 Å². The molecular weight excluding hydrogens is 102 g/mol. The van der Waals surface area contributed by atoms with Crippen LogP contribution in [0.3, 0.4) is 0 Å². The third-order valence-electron chi connectivity index (χ3n) is 1.21. The van der Waals surface area contributed by atoms with Crippen LogP contribution in [0.15, 0.2) is 0 Å². The van der Waals surface area contributed by atoms with Crippen molar-refractivity contribution in [2.45, 2.75) is 13.3 Å². The summed E-state index contributed by atoms with van der Waals surface area (Å²) in [6.45, 7) is 5.36. The molecule has 0 unspecified atom stereocenters. The van der Waals surface area contributed by atoms with Crippen LogP contribution in [0.5, 0.6) is 0 Å². The van der Waals surface area contributed by atoms with Crippen molar-refractivity contribution < 1.29 is 0 Å². The van der Waals surface area contributed by atoms with Crippen molar-refractivity contribution in [1.82, 2.24) is 16.0 Å². The molecule has 1 rings (SSSR count). The van der Waals surface area contributed by atoms with E-state index in [1.54, 1.807) is 0 Å². The monoisotopic (exact) mass is 115 g/mol. The first kappa shape index (κ1) is 6.01. The van der Waals surface area contributed by atoms with E-state index >= 15 is 0 Å². The lowest BCUT2D eigenvalue weighted by Crippen LogP contribution is -2.42. The molecule has 0 amide bonds. The summed E-state index contributed by atoms with van der Waals surface area (Å²) in [6, 6.07) is 0. The number of nitrogens with one attached hydrogen (secondary N) is 2. The van der Waals surface area contributed by atoms with Gasteiger partial charge < -0.3 is 0 Å². The molecule has 0 aromatic rings. The van der Waals surface area contributed by atoms with Gasteiger partial charge in [0.2, 0.25) is 0 Å². The highest BCUT2D eigenvalue weighted by Gasteiger charge is 2.06. The van der Waals surface area contributed by atoms with E-state index in [9.17, 15) is 0 Å². The molecule has 0 spiro atoms. The van der Waals surface area contributed by atoms with Crippen LogP contribution in [-0.4, -0.2) is 24.8 Å². The molecule has 0 aromatic heterocycles. The number of hydrogen-bond acceptors (Lipinski definition) is 3. The highest BCUT2D eigenvalue weighted by molar-refractivity contribution is 4.55. The lowest BCUT2D eigenvalue weighted by molar-refractivity contribution is 0.170. The number of nitrogens with zero attached hydrogens (tertiary/aromatic N) is 1. The molecule has 1 heterocycles. The summed E-state index contributed by atoms with van der Waals surface area (Å²) in [6.07, 6.45) is 1.26. The molecule has 3 nitrogen and oxygen atoms in total. The Bertz CT molecular complexity index is 58.7. The first-order chi connectivity index (χ1) is 3.93. The summed E-state index contributed by atoms with van der Waals surface area (Å²) in [5, 5.41) is 2.04. The van der Waals surface area contributed by atoms with E-state index < -0.39 is 0 Å². The van der Waals surface area contributed by atoms with Crippen LogP contribution < -0.4 is 10.9 Å². The molecule has 0 radical (unpaired) electrons. The van der Waals surface area contributed by atoms with E-state index in [1.165, 1.54) is 6.42 Å². The van der Waals surface area contributed by atoms with Crippen LogP contribution in [0, 0.1) is 0 Å². The zero-order valence-corrected chi connectivity index (χ0v) is 5.28. The first-order valence-corrected chi connectivity index (χ1v) is 3.18. The van der Waals surface area contributed by atoms with Gasteiger partial charge in [-0.15, -0.1) is 0 Å². The van der Waals surface area contributed by atoms with Gasteiger partial charge in [-0.25, -0.2) is 10.9 Å². The second kappa shape index (κ2) is 3.02. The van der Waals surface area contributed by atoms with Crippen molar-refractivity contribution in [2.75, 3.05) is 19.6 Å². The number of hydrazine groups is 2. The van der Waals surface area contributed by atoms with Crippen LogP contribution in [-0.2, 0) is 0 Å². The Labute approximate surface area is 50.0 Å². The second-order valence-corrected chi connectivity index (χ2v) is 1.92. The standard InChI is InChI=1S/C5H13N3/c1-2-6-8-5-3-4-7-8/h6-7H,2-5H2,1H3. The normalized spacial score (nSPS) is 22.1. The van der Waals surface area contributed by atoms with Crippen molar-refractivity contribution in [2.24, 2.45) is 0 Å². The van der Waals surface area contributed by atoms with Gasteiger partial charge >= 0.3 is 0 Å². The minimum atomic E-state index is 1.01. The van der Waals surface area contributed by atoms with Crippen molar-refractivity contribution in [1.29, 1.82) is 0 Å². The summed E-state index contributed by atoms with van der Waals surface area (Å²) < 4.78 is 0. The Morgan fingerprint density at radius 2 is 2.62 bits per heavy atom. The molecule has 0 bridgehead atoms. The smallest absolute Gasteiger partial charge is 0.0300 e. The zero-order valence-electron chi connectivity index (χ0n) is 5.28. The fraction of sp³-hybridized carbons (Fsp3) is 1.00. The molecule has 0 atom stereocenters. The Kier molecular flexibility index (Phi) is 2.27. The molecule has 48 valence electrons. The topological polar surface area (TPSA) is 27.3 Å². The van der Waals surface area contributed by atoms with Crippen LogP contribution in [0.2, 0.25) is 0 Å². The van der Waals surface area contributed by atoms with Crippen molar-refractivity contribution in [3.05, 3.63) is 0 Å². The van der Waals surface area contributed by atoms with Crippen molar-refractivity contribution in [3.63, 3.8) is 0 Å². The number of rotatable bonds is 2. The summed E-state index contributed by atoms with van der Waals surface area (Å²) in [4.78, 5) is 0. The molecule has 1 aliphatic heterocycles. The highest BCUT2D eigenvalue weighted by Crippen LogP contribution is 1.89. The van der Waals surface area contributed by atoms with Crippen molar-refractivity contribution in [3.8, 4) is 0 Å². The molecular formula is C5H13N3. The van der Waals surface area contributed by atoms with Gasteiger partial charge in [0.05, 0.1) is 0 Å². The van der Waals surface area contributed by atoms with Gasteiger partial charge in [-0.3, -0.25) is 0 Å². The summed E-state index contributed by atoms with van der Waals surface area (Å²) in [7, 11) is 0. The fourth-order valence-corrected chi connectivity index (χ4v) is 0.856. The van der Waals surface area contributed by atoms with Gasteiger partial charge in [-0.2, -0.15) is 5.12 Å².